The number of hydrogen-bond acceptors (Lipinski definition) is 3. The Morgan fingerprint density at radius 2 is 1.05 bits per heavy atom. The van der Waals surface area contributed by atoms with Gasteiger partial charge in [0.15, 0.2) is 0 Å². The Labute approximate surface area is 327 Å². The summed E-state index contributed by atoms with van der Waals surface area (Å²) in [6.45, 7) is 0. The number of aliphatic imine (C=N–C) groups is 1. The lowest BCUT2D eigenvalue weighted by Gasteiger charge is -2.36. The molecular weight excluding hydrogens is 687 g/mol. The van der Waals surface area contributed by atoms with E-state index in [4.69, 9.17) is 4.99 Å². The maximum atomic E-state index is 11.8. The summed E-state index contributed by atoms with van der Waals surface area (Å²) < 4.78 is 0. The van der Waals surface area contributed by atoms with Gasteiger partial charge >= 0.3 is 0 Å². The smallest absolute Gasteiger partial charge is 0.269 e. The van der Waals surface area contributed by atoms with Crippen LogP contribution in [0.3, 0.4) is 0 Å². The van der Waals surface area contributed by atoms with E-state index in [2.05, 4.69) is 187 Å². The summed E-state index contributed by atoms with van der Waals surface area (Å²) in [5.74, 6) is 0. The molecular formula is C51H39N3O2. The third kappa shape index (κ3) is 5.76. The van der Waals surface area contributed by atoms with Crippen molar-refractivity contribution in [3.63, 3.8) is 0 Å². The Balaban J connectivity index is 1.29. The molecule has 6 aromatic rings. The number of aromatic nitrogens is 1. The molecule has 1 aromatic heterocycles. The summed E-state index contributed by atoms with van der Waals surface area (Å²) in [6.07, 6.45) is 19.0. The zero-order valence-corrected chi connectivity index (χ0v) is 30.8. The van der Waals surface area contributed by atoms with Gasteiger partial charge in [0.05, 0.1) is 27.2 Å². The average molecular weight is 726 g/mol. The van der Waals surface area contributed by atoms with Crippen LogP contribution in [0.1, 0.15) is 52.0 Å². The highest BCUT2D eigenvalue weighted by molar-refractivity contribution is 6.12. The molecule has 1 N–H and O–H groups in total. The number of benzene rings is 5. The van der Waals surface area contributed by atoms with Crippen molar-refractivity contribution in [2.24, 2.45) is 4.99 Å². The summed E-state index contributed by atoms with van der Waals surface area (Å²) in [4.78, 5) is 20.9. The minimum absolute atomic E-state index is 0.0390. The number of allylic oxidation sites excluding steroid dienone is 10. The number of non-ortho nitro benzene ring substituents is 1. The monoisotopic (exact) mass is 725 g/mol. The van der Waals surface area contributed by atoms with Crippen molar-refractivity contribution in [1.29, 1.82) is 0 Å². The van der Waals surface area contributed by atoms with Crippen molar-refractivity contribution in [1.82, 2.24) is 4.98 Å². The van der Waals surface area contributed by atoms with Crippen LogP contribution >= 0.6 is 0 Å². The normalized spacial score (nSPS) is 15.8. The van der Waals surface area contributed by atoms with E-state index in [0.29, 0.717) is 0 Å². The largest absolute Gasteiger partial charge is 0.357 e. The van der Waals surface area contributed by atoms with E-state index < -0.39 is 10.8 Å². The lowest BCUT2D eigenvalue weighted by Crippen LogP contribution is -2.37. The third-order valence-corrected chi connectivity index (χ3v) is 11.3. The minimum Gasteiger partial charge on any atom is -0.357 e. The fourth-order valence-corrected chi connectivity index (χ4v) is 8.88. The van der Waals surface area contributed by atoms with Crippen LogP contribution in [0.2, 0.25) is 0 Å². The van der Waals surface area contributed by atoms with E-state index >= 15 is 0 Å². The number of nitro groups is 1. The van der Waals surface area contributed by atoms with E-state index in [1.165, 1.54) is 11.1 Å². The summed E-state index contributed by atoms with van der Waals surface area (Å²) in [5.41, 5.74) is 11.2. The van der Waals surface area contributed by atoms with Gasteiger partial charge < -0.3 is 4.98 Å². The molecule has 5 heteroatoms. The Morgan fingerprint density at radius 3 is 1.52 bits per heavy atom. The first-order valence-electron chi connectivity index (χ1n) is 19.0. The van der Waals surface area contributed by atoms with E-state index in [1.807, 2.05) is 12.1 Å². The molecule has 1 aliphatic heterocycles. The molecule has 5 aromatic carbocycles. The first-order chi connectivity index (χ1) is 27.6. The zero-order valence-electron chi connectivity index (χ0n) is 30.8. The van der Waals surface area contributed by atoms with Crippen molar-refractivity contribution < 1.29 is 4.92 Å². The van der Waals surface area contributed by atoms with Crippen molar-refractivity contribution in [3.8, 4) is 0 Å². The van der Waals surface area contributed by atoms with Crippen LogP contribution in [0.4, 0.5) is 5.69 Å². The zero-order chi connectivity index (χ0) is 38.0. The number of nitrogens with zero attached hydrogens (tertiary/aromatic N) is 2. The standard InChI is InChI=1S/C51H39N3O2/c55-54(56)44-31-29-37(30-32-44)49(45-33-35-47(52-45)50(42-25-13-14-26-42,38-17-5-1-6-18-38)39-19-7-2-8-20-39)46-34-36-48(53-46)51(43-27-15-16-28-43,40-21-9-3-10-22-40)41-23-11-4-12-24-41/h1-25,27,29-36,52H,26,28H2/b49-46-. The molecule has 270 valence electrons. The number of nitro benzene ring substituents is 1. The van der Waals surface area contributed by atoms with Crippen molar-refractivity contribution in [2.75, 3.05) is 0 Å². The molecule has 0 amide bonds. The first kappa shape index (κ1) is 34.6. The van der Waals surface area contributed by atoms with Gasteiger partial charge in [0.2, 0.25) is 0 Å². The van der Waals surface area contributed by atoms with Gasteiger partial charge in [0.1, 0.15) is 0 Å². The Morgan fingerprint density at radius 1 is 0.571 bits per heavy atom. The first-order valence-corrected chi connectivity index (χ1v) is 19.0. The second-order valence-electron chi connectivity index (χ2n) is 14.3. The van der Waals surface area contributed by atoms with Gasteiger partial charge in [0, 0.05) is 29.1 Å². The van der Waals surface area contributed by atoms with E-state index in [0.717, 1.165) is 69.0 Å². The predicted molar refractivity (Wildman–Crippen MR) is 227 cm³/mol. The van der Waals surface area contributed by atoms with Gasteiger partial charge in [-0.3, -0.25) is 15.1 Å². The molecule has 0 unspecified atom stereocenters. The van der Waals surface area contributed by atoms with Gasteiger partial charge in [-0.15, -0.1) is 0 Å². The molecule has 0 bridgehead atoms. The van der Waals surface area contributed by atoms with Crippen molar-refractivity contribution in [3.05, 3.63) is 272 Å². The second-order valence-corrected chi connectivity index (χ2v) is 14.3. The van der Waals surface area contributed by atoms with Gasteiger partial charge in [0.25, 0.3) is 5.69 Å². The van der Waals surface area contributed by atoms with Gasteiger partial charge in [-0.2, -0.15) is 0 Å². The summed E-state index contributed by atoms with van der Waals surface area (Å²) in [7, 11) is 0. The van der Waals surface area contributed by atoms with Crippen LogP contribution in [0.5, 0.6) is 0 Å². The molecule has 0 atom stereocenters. The summed E-state index contributed by atoms with van der Waals surface area (Å²) in [5, 5.41) is 11.8. The number of nitrogens with one attached hydrogen (secondary N) is 1. The van der Waals surface area contributed by atoms with E-state index in [9.17, 15) is 10.1 Å². The fourth-order valence-electron chi connectivity index (χ4n) is 8.88. The van der Waals surface area contributed by atoms with Gasteiger partial charge in [-0.25, -0.2) is 0 Å². The molecule has 0 fully saturated rings. The van der Waals surface area contributed by atoms with Crippen LogP contribution in [-0.4, -0.2) is 15.6 Å². The fraction of sp³-hybridized carbons (Fsp3) is 0.0784. The Bertz CT molecular complexity index is 2540. The number of hydrogen-bond donors (Lipinski definition) is 1. The third-order valence-electron chi connectivity index (χ3n) is 11.3. The highest BCUT2D eigenvalue weighted by atomic mass is 16.6. The van der Waals surface area contributed by atoms with Crippen LogP contribution in [-0.2, 0) is 10.8 Å². The molecule has 0 saturated carbocycles. The molecule has 0 spiro atoms. The van der Waals surface area contributed by atoms with Crippen molar-refractivity contribution >= 4 is 17.0 Å². The molecule has 2 aliphatic carbocycles. The van der Waals surface area contributed by atoms with Crippen LogP contribution in [0.25, 0.3) is 5.57 Å². The number of aromatic amines is 1. The van der Waals surface area contributed by atoms with Gasteiger partial charge in [-0.1, -0.05) is 158 Å². The molecule has 5 nitrogen and oxygen atoms in total. The maximum Gasteiger partial charge on any atom is 0.269 e. The minimum atomic E-state index is -0.649. The number of H-pyrrole nitrogens is 1. The molecule has 0 radical (unpaired) electrons. The number of rotatable bonds is 11. The quantitative estimate of drug-likeness (QED) is 0.107. The summed E-state index contributed by atoms with van der Waals surface area (Å²) in [6, 6.07) is 53.7. The predicted octanol–water partition coefficient (Wildman–Crippen LogP) is 11.8. The van der Waals surface area contributed by atoms with Gasteiger partial charge in [-0.05, 0) is 88.2 Å². The highest BCUT2D eigenvalue weighted by Crippen LogP contribution is 2.49. The lowest BCUT2D eigenvalue weighted by atomic mass is 9.65. The second kappa shape index (κ2) is 14.6. The van der Waals surface area contributed by atoms with Crippen molar-refractivity contribution in [2.45, 2.75) is 23.7 Å². The van der Waals surface area contributed by atoms with Crippen LogP contribution < -0.4 is 0 Å². The molecule has 0 saturated heterocycles. The lowest BCUT2D eigenvalue weighted by molar-refractivity contribution is -0.384. The molecule has 9 rings (SSSR count). The Hall–Kier alpha value is -7.11. The summed E-state index contributed by atoms with van der Waals surface area (Å²) >= 11 is 0. The van der Waals surface area contributed by atoms with E-state index in [-0.39, 0.29) is 10.6 Å². The highest BCUT2D eigenvalue weighted by Gasteiger charge is 2.44. The average Bonchev–Trinajstić information content (AvgIpc) is 4.12. The van der Waals surface area contributed by atoms with Crippen LogP contribution in [0, 0.1) is 10.1 Å². The SMILES string of the molecule is O=[N+]([O-])c1ccc(/C(=C2\C=CC(C(C3=CC=CC3)(c3ccccc3)c3ccccc3)=N2)c2ccc(C(C3=CC=CC3)(c3ccccc3)c3ccccc3)[nH]2)cc1. The Kier molecular flexibility index (Phi) is 9.04. The maximum absolute atomic E-state index is 11.8. The van der Waals surface area contributed by atoms with E-state index in [1.54, 1.807) is 12.1 Å². The molecule has 3 aliphatic rings. The topological polar surface area (TPSA) is 71.3 Å². The van der Waals surface area contributed by atoms with Crippen LogP contribution in [0.15, 0.2) is 228 Å². The molecule has 2 heterocycles. The molecule has 56 heavy (non-hydrogen) atoms.